The summed E-state index contributed by atoms with van der Waals surface area (Å²) in [6.45, 7) is 13.7. The Hall–Kier alpha value is -1.96. The molecule has 8 heteroatoms. The molecule has 6 nitrogen and oxygen atoms in total. The zero-order chi connectivity index (χ0) is 20.4. The molecule has 0 saturated heterocycles. The fourth-order valence-corrected chi connectivity index (χ4v) is 4.57. The number of halogens is 1. The molecule has 0 aliphatic carbocycles. The summed E-state index contributed by atoms with van der Waals surface area (Å²) in [4.78, 5) is 22.4. The second kappa shape index (κ2) is 9.69. The molecule has 0 radical (unpaired) electrons. The van der Waals surface area contributed by atoms with E-state index in [1.807, 2.05) is 18.9 Å². The van der Waals surface area contributed by atoms with Gasteiger partial charge in [0.2, 0.25) is 0 Å². The van der Waals surface area contributed by atoms with Crippen LogP contribution in [-0.4, -0.2) is 51.8 Å². The summed E-state index contributed by atoms with van der Waals surface area (Å²) in [5, 5.41) is 5.00. The number of carbonyl (C=O) groups is 1. The van der Waals surface area contributed by atoms with Crippen LogP contribution in [0.3, 0.4) is 0 Å². The molecule has 1 amide bonds. The summed E-state index contributed by atoms with van der Waals surface area (Å²) in [6, 6.07) is 4.25. The van der Waals surface area contributed by atoms with Crippen molar-refractivity contribution in [2.24, 2.45) is 7.05 Å². The highest BCUT2D eigenvalue weighted by Gasteiger charge is 2.26. The molecule has 0 saturated carbocycles. The number of aryl methyl sites for hydroxylation is 4. The highest BCUT2D eigenvalue weighted by Crippen LogP contribution is 2.33. The van der Waals surface area contributed by atoms with E-state index in [2.05, 4.69) is 49.8 Å². The van der Waals surface area contributed by atoms with E-state index in [1.165, 1.54) is 11.1 Å². The third kappa shape index (κ3) is 4.79. The van der Waals surface area contributed by atoms with Gasteiger partial charge < -0.3 is 4.90 Å². The first-order valence-electron chi connectivity index (χ1n) is 9.76. The van der Waals surface area contributed by atoms with Crippen molar-refractivity contribution in [2.75, 3.05) is 31.1 Å². The van der Waals surface area contributed by atoms with Crippen LogP contribution < -0.4 is 4.90 Å². The van der Waals surface area contributed by atoms with E-state index in [0.29, 0.717) is 12.2 Å². The predicted octanol–water partition coefficient (Wildman–Crippen LogP) is 4.37. The molecule has 1 aromatic carbocycles. The first-order chi connectivity index (χ1) is 13.3. The first-order valence-corrected chi connectivity index (χ1v) is 10.6. The molecule has 0 fully saturated rings. The number of nitrogens with zero attached hydrogens (tertiary/aromatic N) is 5. The summed E-state index contributed by atoms with van der Waals surface area (Å²) in [5.41, 5.74) is 4.84. The molecule has 0 unspecified atom stereocenters. The topological polar surface area (TPSA) is 54.3 Å². The highest BCUT2D eigenvalue weighted by atomic mass is 35.5. The second-order valence-electron chi connectivity index (χ2n) is 7.21. The van der Waals surface area contributed by atoms with E-state index in [0.717, 1.165) is 40.5 Å². The average molecular weight is 436 g/mol. The van der Waals surface area contributed by atoms with Gasteiger partial charge in [-0.25, -0.2) is 4.98 Å². The van der Waals surface area contributed by atoms with E-state index < -0.39 is 0 Å². The Morgan fingerprint density at radius 2 is 1.79 bits per heavy atom. The monoisotopic (exact) mass is 435 g/mol. The van der Waals surface area contributed by atoms with E-state index in [9.17, 15) is 4.79 Å². The summed E-state index contributed by atoms with van der Waals surface area (Å²) in [7, 11) is 1.81. The van der Waals surface area contributed by atoms with Crippen molar-refractivity contribution in [3.05, 3.63) is 40.7 Å². The minimum Gasteiger partial charge on any atom is -0.302 e. The van der Waals surface area contributed by atoms with Crippen LogP contribution in [-0.2, 0) is 7.05 Å². The largest absolute Gasteiger partial charge is 0.302 e. The predicted molar refractivity (Wildman–Crippen MR) is 124 cm³/mol. The molecule has 3 rings (SSSR count). The third-order valence-electron chi connectivity index (χ3n) is 5.14. The van der Waals surface area contributed by atoms with Crippen molar-refractivity contribution in [2.45, 2.75) is 34.6 Å². The van der Waals surface area contributed by atoms with Crippen LogP contribution in [0.25, 0.3) is 10.2 Å². The smallest absolute Gasteiger partial charge is 0.278 e. The lowest BCUT2D eigenvalue weighted by molar-refractivity contribution is 0.0974. The van der Waals surface area contributed by atoms with Crippen LogP contribution in [0.2, 0.25) is 0 Å². The summed E-state index contributed by atoms with van der Waals surface area (Å²) in [6.07, 6.45) is 1.74. The number of hydrogen-bond donors (Lipinski definition) is 0. The zero-order valence-corrected chi connectivity index (χ0v) is 19.7. The number of benzene rings is 1. The lowest BCUT2D eigenvalue weighted by atomic mass is 10.1. The molecule has 29 heavy (non-hydrogen) atoms. The molecule has 0 spiro atoms. The van der Waals surface area contributed by atoms with Gasteiger partial charge in [-0.15, -0.1) is 12.4 Å². The van der Waals surface area contributed by atoms with Crippen LogP contribution in [0, 0.1) is 20.8 Å². The van der Waals surface area contributed by atoms with Gasteiger partial charge in [-0.2, -0.15) is 5.10 Å². The Labute approximate surface area is 182 Å². The summed E-state index contributed by atoms with van der Waals surface area (Å²) < 4.78 is 2.80. The Kier molecular flexibility index (Phi) is 7.80. The Bertz CT molecular complexity index is 973. The van der Waals surface area contributed by atoms with Crippen LogP contribution in [0.1, 0.15) is 41.0 Å². The van der Waals surface area contributed by atoms with Crippen molar-refractivity contribution >= 4 is 45.0 Å². The average Bonchev–Trinajstić information content (AvgIpc) is 3.21. The van der Waals surface area contributed by atoms with Crippen LogP contribution in [0.15, 0.2) is 18.3 Å². The van der Waals surface area contributed by atoms with Gasteiger partial charge in [0.05, 0.1) is 16.4 Å². The fourth-order valence-electron chi connectivity index (χ4n) is 3.53. The number of likely N-dealkylation sites (N-methyl/N-ethyl adjacent to an activating group) is 1. The number of rotatable bonds is 7. The number of carbonyl (C=O) groups excluding carboxylic acids is 1. The summed E-state index contributed by atoms with van der Waals surface area (Å²) in [5.74, 6) is -0.0434. The van der Waals surface area contributed by atoms with E-state index in [4.69, 9.17) is 4.98 Å². The maximum absolute atomic E-state index is 13.5. The van der Waals surface area contributed by atoms with Crippen molar-refractivity contribution in [1.82, 2.24) is 19.7 Å². The van der Waals surface area contributed by atoms with Gasteiger partial charge in [-0.05, 0) is 56.6 Å². The van der Waals surface area contributed by atoms with Crippen LogP contribution >= 0.6 is 23.7 Å². The second-order valence-corrected chi connectivity index (χ2v) is 8.19. The lowest BCUT2D eigenvalue weighted by Crippen LogP contribution is -2.39. The Morgan fingerprint density at radius 1 is 1.10 bits per heavy atom. The molecular weight excluding hydrogens is 406 g/mol. The van der Waals surface area contributed by atoms with Crippen molar-refractivity contribution in [3.8, 4) is 0 Å². The summed E-state index contributed by atoms with van der Waals surface area (Å²) >= 11 is 1.59. The molecule has 0 aliphatic rings. The first kappa shape index (κ1) is 23.3. The molecular formula is C21H30ClN5OS. The Morgan fingerprint density at radius 3 is 2.38 bits per heavy atom. The lowest BCUT2D eigenvalue weighted by Gasteiger charge is -2.25. The normalized spacial score (nSPS) is 11.1. The zero-order valence-electron chi connectivity index (χ0n) is 18.0. The molecule has 0 aliphatic heterocycles. The minimum atomic E-state index is -0.0434. The quantitative estimate of drug-likeness (QED) is 0.553. The van der Waals surface area contributed by atoms with Crippen LogP contribution in [0.5, 0.6) is 0 Å². The molecule has 0 atom stereocenters. The van der Waals surface area contributed by atoms with Gasteiger partial charge in [0.1, 0.15) is 5.69 Å². The molecule has 3 aromatic rings. The minimum absolute atomic E-state index is 0. The van der Waals surface area contributed by atoms with Crippen molar-refractivity contribution < 1.29 is 4.79 Å². The van der Waals surface area contributed by atoms with E-state index >= 15 is 0 Å². The number of amides is 1. The van der Waals surface area contributed by atoms with Crippen molar-refractivity contribution in [1.29, 1.82) is 0 Å². The molecule has 2 aromatic heterocycles. The van der Waals surface area contributed by atoms with Crippen LogP contribution in [0.4, 0.5) is 5.13 Å². The SMILES string of the molecule is CCN(CC)CCN(C(=O)c1c(C)cnn1C)c1nc2cc(C)cc(C)c2s1.Cl. The van der Waals surface area contributed by atoms with Gasteiger partial charge in [0.25, 0.3) is 5.91 Å². The number of anilines is 1. The number of fused-ring (bicyclic) bond motifs is 1. The molecule has 0 N–H and O–H groups in total. The maximum atomic E-state index is 13.5. The van der Waals surface area contributed by atoms with Gasteiger partial charge >= 0.3 is 0 Å². The Balaban J connectivity index is 0.00000300. The standard InChI is InChI=1S/C21H29N5OS.ClH/c1-7-25(8-2)9-10-26(20(27)18-16(5)13-22-24(18)6)21-23-17-12-14(3)11-15(4)19(17)28-21;/h11-13H,7-10H2,1-6H3;1H. The van der Waals surface area contributed by atoms with Gasteiger partial charge in [-0.3, -0.25) is 14.4 Å². The van der Waals surface area contributed by atoms with E-state index in [-0.39, 0.29) is 18.3 Å². The van der Waals surface area contributed by atoms with Gasteiger partial charge in [0, 0.05) is 20.1 Å². The van der Waals surface area contributed by atoms with Gasteiger partial charge in [0.15, 0.2) is 5.13 Å². The third-order valence-corrected chi connectivity index (χ3v) is 6.37. The molecule has 2 heterocycles. The maximum Gasteiger partial charge on any atom is 0.278 e. The number of hydrogen-bond acceptors (Lipinski definition) is 5. The number of aromatic nitrogens is 3. The van der Waals surface area contributed by atoms with Gasteiger partial charge in [-0.1, -0.05) is 31.3 Å². The number of thiazole rings is 1. The fraction of sp³-hybridized carbons (Fsp3) is 0.476. The molecule has 158 valence electrons. The highest BCUT2D eigenvalue weighted by molar-refractivity contribution is 7.22. The van der Waals surface area contributed by atoms with E-state index in [1.54, 1.807) is 22.2 Å². The van der Waals surface area contributed by atoms with Crippen molar-refractivity contribution in [3.63, 3.8) is 0 Å². The molecule has 0 bridgehead atoms.